The van der Waals surface area contributed by atoms with Gasteiger partial charge in [-0.2, -0.15) is 11.3 Å². The molecular formula is C18H28N2O2S. The third-order valence-electron chi connectivity index (χ3n) is 4.58. The van der Waals surface area contributed by atoms with Crippen molar-refractivity contribution in [3.8, 4) is 0 Å². The zero-order valence-electron chi connectivity index (χ0n) is 14.4. The van der Waals surface area contributed by atoms with Crippen LogP contribution in [0.4, 0.5) is 0 Å². The number of hydrogen-bond donors (Lipinski definition) is 1. The highest BCUT2D eigenvalue weighted by Gasteiger charge is 2.30. The van der Waals surface area contributed by atoms with E-state index in [2.05, 4.69) is 10.7 Å². The van der Waals surface area contributed by atoms with Gasteiger partial charge in [0.25, 0.3) is 0 Å². The average molecular weight is 337 g/mol. The maximum absolute atomic E-state index is 12.7. The van der Waals surface area contributed by atoms with Gasteiger partial charge < -0.3 is 10.2 Å². The normalized spacial score (nSPS) is 17.0. The molecule has 1 N–H and O–H groups in total. The van der Waals surface area contributed by atoms with Crippen LogP contribution in [-0.2, 0) is 16.1 Å². The smallest absolute Gasteiger partial charge is 0.245 e. The predicted molar refractivity (Wildman–Crippen MR) is 94.1 cm³/mol. The number of carbonyl (C=O) groups is 2. The van der Waals surface area contributed by atoms with Crippen LogP contribution in [0, 0.1) is 11.8 Å². The second kappa shape index (κ2) is 8.48. The molecule has 2 amide bonds. The molecule has 5 heteroatoms. The number of likely N-dealkylation sites (N-methyl/N-ethyl adjacent to an activating group) is 1. The van der Waals surface area contributed by atoms with E-state index >= 15 is 0 Å². The Labute approximate surface area is 143 Å². The molecule has 1 saturated carbocycles. The van der Waals surface area contributed by atoms with Crippen molar-refractivity contribution in [2.45, 2.75) is 58.5 Å². The van der Waals surface area contributed by atoms with Gasteiger partial charge in [0.2, 0.25) is 11.8 Å². The molecule has 0 saturated heterocycles. The minimum atomic E-state index is -0.437. The van der Waals surface area contributed by atoms with Gasteiger partial charge in [-0.05, 0) is 41.1 Å². The quantitative estimate of drug-likeness (QED) is 0.865. The summed E-state index contributed by atoms with van der Waals surface area (Å²) in [6.45, 7) is 4.56. The number of rotatable bonds is 6. The zero-order chi connectivity index (χ0) is 16.8. The molecule has 1 fully saturated rings. The molecule has 0 bridgehead atoms. The van der Waals surface area contributed by atoms with E-state index in [-0.39, 0.29) is 23.7 Å². The molecule has 1 heterocycles. The van der Waals surface area contributed by atoms with E-state index in [0.29, 0.717) is 6.54 Å². The Morgan fingerprint density at radius 2 is 2.00 bits per heavy atom. The maximum atomic E-state index is 12.7. The molecule has 0 spiro atoms. The lowest BCUT2D eigenvalue weighted by Crippen LogP contribution is -2.51. The van der Waals surface area contributed by atoms with Crippen LogP contribution in [0.2, 0.25) is 0 Å². The fourth-order valence-corrected chi connectivity index (χ4v) is 3.78. The summed E-state index contributed by atoms with van der Waals surface area (Å²) in [5.41, 5.74) is 1.13. The van der Waals surface area contributed by atoms with E-state index in [1.54, 1.807) is 16.2 Å². The van der Waals surface area contributed by atoms with Crippen molar-refractivity contribution in [1.82, 2.24) is 10.2 Å². The van der Waals surface area contributed by atoms with Crippen molar-refractivity contribution in [3.05, 3.63) is 22.4 Å². The molecule has 23 heavy (non-hydrogen) atoms. The minimum absolute atomic E-state index is 0.00430. The summed E-state index contributed by atoms with van der Waals surface area (Å²) in [5.74, 6) is 0.219. The van der Waals surface area contributed by atoms with E-state index in [1.165, 1.54) is 6.42 Å². The van der Waals surface area contributed by atoms with Gasteiger partial charge in [-0.25, -0.2) is 0 Å². The lowest BCUT2D eigenvalue weighted by molar-refractivity contribution is -0.138. The summed E-state index contributed by atoms with van der Waals surface area (Å²) in [5, 5.41) is 7.08. The Morgan fingerprint density at radius 3 is 2.57 bits per heavy atom. The number of hydrogen-bond acceptors (Lipinski definition) is 3. The molecular weight excluding hydrogens is 308 g/mol. The highest BCUT2D eigenvalue weighted by molar-refractivity contribution is 7.07. The van der Waals surface area contributed by atoms with Gasteiger partial charge in [0.15, 0.2) is 0 Å². The van der Waals surface area contributed by atoms with Crippen molar-refractivity contribution in [2.75, 3.05) is 7.05 Å². The van der Waals surface area contributed by atoms with E-state index in [0.717, 1.165) is 31.2 Å². The summed E-state index contributed by atoms with van der Waals surface area (Å²) < 4.78 is 0. The van der Waals surface area contributed by atoms with Crippen LogP contribution in [-0.4, -0.2) is 29.8 Å². The molecule has 128 valence electrons. The molecule has 0 radical (unpaired) electrons. The van der Waals surface area contributed by atoms with E-state index in [4.69, 9.17) is 0 Å². The molecule has 1 atom stereocenters. The predicted octanol–water partition coefficient (Wildman–Crippen LogP) is 3.43. The third-order valence-corrected chi connectivity index (χ3v) is 5.31. The van der Waals surface area contributed by atoms with Crippen molar-refractivity contribution in [1.29, 1.82) is 0 Å². The molecule has 1 aliphatic rings. The first-order valence-corrected chi connectivity index (χ1v) is 9.49. The van der Waals surface area contributed by atoms with Crippen LogP contribution >= 0.6 is 11.3 Å². The fraction of sp³-hybridized carbons (Fsp3) is 0.667. The van der Waals surface area contributed by atoms with Crippen LogP contribution in [0.1, 0.15) is 51.5 Å². The highest BCUT2D eigenvalue weighted by Crippen LogP contribution is 2.24. The second-order valence-electron chi connectivity index (χ2n) is 6.89. The lowest BCUT2D eigenvalue weighted by Gasteiger charge is -2.29. The summed E-state index contributed by atoms with van der Waals surface area (Å²) in [6, 6.07) is 1.59. The standard InChI is InChI=1S/C18H28N2O2S/c1-13(2)16(19-17(21)15-7-5-4-6-8-15)18(22)20(3)11-14-9-10-23-12-14/h9-10,12-13,15-16H,4-8,11H2,1-3H3,(H,19,21). The molecule has 1 aromatic heterocycles. The molecule has 0 aromatic carbocycles. The van der Waals surface area contributed by atoms with Crippen molar-refractivity contribution >= 4 is 23.2 Å². The van der Waals surface area contributed by atoms with E-state index < -0.39 is 6.04 Å². The van der Waals surface area contributed by atoms with Gasteiger partial charge >= 0.3 is 0 Å². The van der Waals surface area contributed by atoms with Gasteiger partial charge in [0.1, 0.15) is 6.04 Å². The maximum Gasteiger partial charge on any atom is 0.245 e. The zero-order valence-corrected chi connectivity index (χ0v) is 15.2. The number of nitrogens with zero attached hydrogens (tertiary/aromatic N) is 1. The van der Waals surface area contributed by atoms with Crippen LogP contribution < -0.4 is 5.32 Å². The minimum Gasteiger partial charge on any atom is -0.344 e. The van der Waals surface area contributed by atoms with Gasteiger partial charge in [0, 0.05) is 19.5 Å². The second-order valence-corrected chi connectivity index (χ2v) is 7.67. The topological polar surface area (TPSA) is 49.4 Å². The lowest BCUT2D eigenvalue weighted by atomic mass is 9.88. The van der Waals surface area contributed by atoms with Crippen LogP contribution in [0.5, 0.6) is 0 Å². The van der Waals surface area contributed by atoms with Crippen LogP contribution in [0.15, 0.2) is 16.8 Å². The SMILES string of the molecule is CC(C)C(NC(=O)C1CCCCC1)C(=O)N(C)Cc1ccsc1. The van der Waals surface area contributed by atoms with E-state index in [1.807, 2.05) is 32.3 Å². The van der Waals surface area contributed by atoms with Crippen molar-refractivity contribution < 1.29 is 9.59 Å². The Hall–Kier alpha value is -1.36. The monoisotopic (exact) mass is 336 g/mol. The molecule has 0 aliphatic heterocycles. The summed E-state index contributed by atoms with van der Waals surface area (Å²) in [4.78, 5) is 26.9. The van der Waals surface area contributed by atoms with Gasteiger partial charge in [-0.3, -0.25) is 9.59 Å². The van der Waals surface area contributed by atoms with Gasteiger partial charge in [-0.15, -0.1) is 0 Å². The molecule has 4 nitrogen and oxygen atoms in total. The van der Waals surface area contributed by atoms with Gasteiger partial charge in [0.05, 0.1) is 0 Å². The van der Waals surface area contributed by atoms with Crippen LogP contribution in [0.25, 0.3) is 0 Å². The first kappa shape index (κ1) is 18.0. The molecule has 2 rings (SSSR count). The van der Waals surface area contributed by atoms with Crippen molar-refractivity contribution in [2.24, 2.45) is 11.8 Å². The molecule has 1 aliphatic carbocycles. The third kappa shape index (κ3) is 5.06. The molecule has 1 aromatic rings. The Bertz CT molecular complexity index is 507. The Balaban J connectivity index is 1.96. The van der Waals surface area contributed by atoms with Crippen LogP contribution in [0.3, 0.4) is 0 Å². The number of thiophene rings is 1. The summed E-state index contributed by atoms with van der Waals surface area (Å²) in [7, 11) is 1.81. The molecule has 1 unspecified atom stereocenters. The highest BCUT2D eigenvalue weighted by atomic mass is 32.1. The largest absolute Gasteiger partial charge is 0.344 e. The first-order valence-electron chi connectivity index (χ1n) is 8.55. The van der Waals surface area contributed by atoms with E-state index in [9.17, 15) is 9.59 Å². The average Bonchev–Trinajstić information content (AvgIpc) is 3.05. The summed E-state index contributed by atoms with van der Waals surface area (Å²) in [6.07, 6.45) is 5.37. The fourth-order valence-electron chi connectivity index (χ4n) is 3.12. The number of carbonyl (C=O) groups excluding carboxylic acids is 2. The Morgan fingerprint density at radius 1 is 1.30 bits per heavy atom. The number of amides is 2. The van der Waals surface area contributed by atoms with Crippen molar-refractivity contribution in [3.63, 3.8) is 0 Å². The first-order chi connectivity index (χ1) is 11.0. The van der Waals surface area contributed by atoms with Gasteiger partial charge in [-0.1, -0.05) is 33.1 Å². The Kier molecular flexibility index (Phi) is 6.63. The summed E-state index contributed by atoms with van der Waals surface area (Å²) >= 11 is 1.63. The number of nitrogens with one attached hydrogen (secondary N) is 1.